The molecule has 0 aliphatic rings. The summed E-state index contributed by atoms with van der Waals surface area (Å²) in [5.74, 6) is 0.429. The second-order valence-electron chi connectivity index (χ2n) is 6.44. The first-order chi connectivity index (χ1) is 13.4. The predicted molar refractivity (Wildman–Crippen MR) is 127 cm³/mol. The summed E-state index contributed by atoms with van der Waals surface area (Å²) in [5.41, 5.74) is 1.92. The van der Waals surface area contributed by atoms with E-state index in [1.54, 1.807) is 6.92 Å². The molecule has 0 bridgehead atoms. The van der Waals surface area contributed by atoms with Crippen LogP contribution in [-0.4, -0.2) is 46.4 Å². The molecule has 2 rings (SSSR count). The third kappa shape index (κ3) is 7.92. The number of nitrogens with one attached hydrogen (secondary N) is 2. The summed E-state index contributed by atoms with van der Waals surface area (Å²) in [4.78, 5) is 21.7. The molecule has 2 aromatic heterocycles. The molecule has 0 aromatic carbocycles. The van der Waals surface area contributed by atoms with Crippen molar-refractivity contribution in [1.29, 1.82) is 0 Å². The minimum Gasteiger partial charge on any atom is -0.462 e. The Labute approximate surface area is 193 Å². The fraction of sp³-hybridized carbons (Fsp3) is 0.579. The van der Waals surface area contributed by atoms with Crippen molar-refractivity contribution in [2.75, 3.05) is 19.7 Å². The van der Waals surface area contributed by atoms with Crippen LogP contribution in [0.2, 0.25) is 0 Å². The van der Waals surface area contributed by atoms with Crippen molar-refractivity contribution in [1.82, 2.24) is 25.4 Å². The van der Waals surface area contributed by atoms with Gasteiger partial charge in [-0.25, -0.2) is 9.78 Å². The molecular formula is C19H31IN6O2S. The lowest BCUT2D eigenvalue weighted by Crippen LogP contribution is -2.38. The highest BCUT2D eigenvalue weighted by Crippen LogP contribution is 2.24. The maximum atomic E-state index is 12.0. The third-order valence-corrected chi connectivity index (χ3v) is 5.31. The molecule has 2 N–H and O–H groups in total. The maximum Gasteiger partial charge on any atom is 0.350 e. The fourth-order valence-corrected chi connectivity index (χ4v) is 3.61. The van der Waals surface area contributed by atoms with Gasteiger partial charge in [0, 0.05) is 26.3 Å². The Kier molecular flexibility index (Phi) is 11.2. The van der Waals surface area contributed by atoms with E-state index in [0.717, 1.165) is 30.4 Å². The Balaban J connectivity index is 0.00000420. The SMILES string of the molecule is CCNC(=NCCCc1cnn(C)c1)NC(C)c1nc(C)c(C(=O)OCC)s1.I. The van der Waals surface area contributed by atoms with Gasteiger partial charge in [-0.15, -0.1) is 35.3 Å². The van der Waals surface area contributed by atoms with Crippen molar-refractivity contribution < 1.29 is 9.53 Å². The molecule has 0 radical (unpaired) electrons. The number of hydrogen-bond donors (Lipinski definition) is 2. The summed E-state index contributed by atoms with van der Waals surface area (Å²) in [6.45, 7) is 9.51. The van der Waals surface area contributed by atoms with Crippen molar-refractivity contribution in [2.24, 2.45) is 12.0 Å². The Morgan fingerprint density at radius 2 is 2.17 bits per heavy atom. The average molecular weight is 534 g/mol. The minimum absolute atomic E-state index is 0. The van der Waals surface area contributed by atoms with Crippen molar-refractivity contribution in [3.63, 3.8) is 0 Å². The number of aromatic nitrogens is 3. The van der Waals surface area contributed by atoms with Crippen LogP contribution in [0.25, 0.3) is 0 Å². The monoisotopic (exact) mass is 534 g/mol. The molecule has 0 saturated carbocycles. The smallest absolute Gasteiger partial charge is 0.350 e. The van der Waals surface area contributed by atoms with Crippen molar-refractivity contribution in [3.8, 4) is 0 Å². The number of carbonyl (C=O) groups excluding carboxylic acids is 1. The first kappa shape index (κ1) is 25.3. The highest BCUT2D eigenvalue weighted by molar-refractivity contribution is 14.0. The number of rotatable bonds is 9. The normalized spacial score (nSPS) is 12.2. The van der Waals surface area contributed by atoms with E-state index in [4.69, 9.17) is 4.74 Å². The highest BCUT2D eigenvalue weighted by Gasteiger charge is 2.20. The van der Waals surface area contributed by atoms with E-state index in [0.29, 0.717) is 23.7 Å². The standard InChI is InChI=1S/C19H30N6O2S.HI/c1-6-20-19(21-10-8-9-15-11-22-25(5)12-15)24-14(4)17-23-13(3)16(28-17)18(26)27-7-2;/h11-12,14H,6-10H2,1-5H3,(H2,20,21,24);1H. The highest BCUT2D eigenvalue weighted by atomic mass is 127. The number of aliphatic imine (C=N–C) groups is 1. The summed E-state index contributed by atoms with van der Waals surface area (Å²) >= 11 is 1.36. The first-order valence-electron chi connectivity index (χ1n) is 9.61. The molecule has 1 unspecified atom stereocenters. The zero-order valence-corrected chi connectivity index (χ0v) is 20.8. The topological polar surface area (TPSA) is 93.4 Å². The average Bonchev–Trinajstić information content (AvgIpc) is 3.24. The number of thiazole rings is 1. The number of esters is 1. The largest absolute Gasteiger partial charge is 0.462 e. The van der Waals surface area contributed by atoms with E-state index in [9.17, 15) is 4.79 Å². The molecule has 0 aliphatic heterocycles. The summed E-state index contributed by atoms with van der Waals surface area (Å²) in [6.07, 6.45) is 5.81. The summed E-state index contributed by atoms with van der Waals surface area (Å²) in [6, 6.07) is -0.0667. The summed E-state index contributed by atoms with van der Waals surface area (Å²) in [5, 5.41) is 11.6. The number of carbonyl (C=O) groups is 1. The van der Waals surface area contributed by atoms with E-state index in [-0.39, 0.29) is 36.0 Å². The van der Waals surface area contributed by atoms with Crippen molar-refractivity contribution in [2.45, 2.75) is 46.6 Å². The number of ether oxygens (including phenoxy) is 1. The van der Waals surface area contributed by atoms with Crippen LogP contribution in [0.1, 0.15) is 59.2 Å². The van der Waals surface area contributed by atoms with Gasteiger partial charge in [0.25, 0.3) is 0 Å². The molecule has 2 aromatic rings. The molecule has 162 valence electrons. The molecule has 8 nitrogen and oxygen atoms in total. The molecule has 2 heterocycles. The van der Waals surface area contributed by atoms with E-state index in [1.807, 2.05) is 44.9 Å². The maximum absolute atomic E-state index is 12.0. The summed E-state index contributed by atoms with van der Waals surface area (Å²) in [7, 11) is 1.92. The molecule has 1 atom stereocenters. The lowest BCUT2D eigenvalue weighted by molar-refractivity contribution is 0.0531. The quantitative estimate of drug-likeness (QED) is 0.169. The van der Waals surface area contributed by atoms with Crippen LogP contribution in [0.3, 0.4) is 0 Å². The van der Waals surface area contributed by atoms with Gasteiger partial charge in [0.15, 0.2) is 5.96 Å². The van der Waals surface area contributed by atoms with E-state index < -0.39 is 0 Å². The van der Waals surface area contributed by atoms with Crippen LogP contribution in [0.15, 0.2) is 17.4 Å². The minimum atomic E-state index is -0.313. The molecule has 0 spiro atoms. The number of nitrogens with zero attached hydrogens (tertiary/aromatic N) is 4. The molecular weight excluding hydrogens is 503 g/mol. The van der Waals surface area contributed by atoms with Crippen molar-refractivity contribution in [3.05, 3.63) is 33.5 Å². The first-order valence-corrected chi connectivity index (χ1v) is 10.4. The summed E-state index contributed by atoms with van der Waals surface area (Å²) < 4.78 is 6.91. The van der Waals surface area contributed by atoms with Crippen LogP contribution < -0.4 is 10.6 Å². The van der Waals surface area contributed by atoms with Gasteiger partial charge in [-0.05, 0) is 46.1 Å². The molecule has 29 heavy (non-hydrogen) atoms. The molecule has 0 amide bonds. The number of guanidine groups is 1. The molecule has 0 aliphatic carbocycles. The van der Waals surface area contributed by atoms with Gasteiger partial charge in [-0.1, -0.05) is 0 Å². The van der Waals surface area contributed by atoms with Gasteiger partial charge in [-0.3, -0.25) is 9.67 Å². The number of aryl methyl sites for hydroxylation is 3. The number of halogens is 1. The molecule has 10 heteroatoms. The van der Waals surface area contributed by atoms with E-state index in [1.165, 1.54) is 16.9 Å². The lowest BCUT2D eigenvalue weighted by Gasteiger charge is -2.16. The van der Waals surface area contributed by atoms with Crippen molar-refractivity contribution >= 4 is 47.2 Å². The molecule has 0 saturated heterocycles. The fourth-order valence-electron chi connectivity index (χ4n) is 2.65. The van der Waals surface area contributed by atoms with Crippen LogP contribution in [-0.2, 0) is 18.2 Å². The van der Waals surface area contributed by atoms with Gasteiger partial charge in [0.05, 0.1) is 24.5 Å². The van der Waals surface area contributed by atoms with Gasteiger partial charge < -0.3 is 15.4 Å². The van der Waals surface area contributed by atoms with Crippen LogP contribution >= 0.6 is 35.3 Å². The van der Waals surface area contributed by atoms with Gasteiger partial charge in [0.1, 0.15) is 9.88 Å². The Hall–Kier alpha value is -1.69. The zero-order chi connectivity index (χ0) is 20.5. The third-order valence-electron chi connectivity index (χ3n) is 3.99. The van der Waals surface area contributed by atoms with Gasteiger partial charge >= 0.3 is 5.97 Å². The number of hydrogen-bond acceptors (Lipinski definition) is 6. The Morgan fingerprint density at radius 3 is 2.79 bits per heavy atom. The predicted octanol–water partition coefficient (Wildman–Crippen LogP) is 3.23. The zero-order valence-electron chi connectivity index (χ0n) is 17.7. The van der Waals surface area contributed by atoms with E-state index in [2.05, 4.69) is 25.7 Å². The molecule has 0 fully saturated rings. The van der Waals surface area contributed by atoms with Crippen LogP contribution in [0.4, 0.5) is 0 Å². The second-order valence-corrected chi connectivity index (χ2v) is 7.47. The Bertz CT molecular complexity index is 804. The van der Waals surface area contributed by atoms with E-state index >= 15 is 0 Å². The van der Waals surface area contributed by atoms with Gasteiger partial charge in [-0.2, -0.15) is 5.10 Å². The van der Waals surface area contributed by atoms with Crippen LogP contribution in [0, 0.1) is 6.92 Å². The lowest BCUT2D eigenvalue weighted by atomic mass is 10.2. The van der Waals surface area contributed by atoms with Gasteiger partial charge in [0.2, 0.25) is 0 Å². The van der Waals surface area contributed by atoms with Crippen LogP contribution in [0.5, 0.6) is 0 Å². The second kappa shape index (κ2) is 12.8. The Morgan fingerprint density at radius 1 is 1.41 bits per heavy atom.